The molecule has 0 unspecified atom stereocenters. The Balaban J connectivity index is 1.88. The number of anilines is 1. The fourth-order valence-electron chi connectivity index (χ4n) is 2.96. The predicted octanol–water partition coefficient (Wildman–Crippen LogP) is 2.79. The molecule has 0 aromatic heterocycles. The Hall–Kier alpha value is -2.85. The lowest BCUT2D eigenvalue weighted by Crippen LogP contribution is -2.34. The maximum Gasteiger partial charge on any atom is 0.416 e. The normalized spacial score (nSPS) is 19.5. The molecule has 8 nitrogen and oxygen atoms in total. The number of aliphatic carboxylic acids is 1. The molecule has 0 heterocycles. The van der Waals surface area contributed by atoms with Crippen LogP contribution in [-0.4, -0.2) is 34.5 Å². The predicted molar refractivity (Wildman–Crippen MR) is 88.1 cm³/mol. The van der Waals surface area contributed by atoms with Gasteiger partial charge in [0.1, 0.15) is 5.69 Å². The molecule has 11 heteroatoms. The fraction of sp³-hybridized carbons (Fsp3) is 0.500. The highest BCUT2D eigenvalue weighted by molar-refractivity contribution is 5.77. The average Bonchev–Trinajstić information content (AvgIpc) is 3.02. The molecule has 0 radical (unpaired) electrons. The van der Waals surface area contributed by atoms with Crippen LogP contribution in [0.5, 0.6) is 0 Å². The monoisotopic (exact) mass is 389 g/mol. The van der Waals surface area contributed by atoms with Crippen molar-refractivity contribution in [2.24, 2.45) is 5.92 Å². The Kier molecular flexibility index (Phi) is 6.24. The van der Waals surface area contributed by atoms with E-state index in [4.69, 9.17) is 5.11 Å². The first-order valence-electron chi connectivity index (χ1n) is 8.19. The number of nitrogens with zero attached hydrogens (tertiary/aromatic N) is 1. The van der Waals surface area contributed by atoms with Crippen LogP contribution in [0, 0.1) is 16.0 Å². The zero-order valence-electron chi connectivity index (χ0n) is 14.1. The molecule has 1 fully saturated rings. The van der Waals surface area contributed by atoms with Crippen molar-refractivity contribution < 1.29 is 32.8 Å². The molecule has 0 saturated heterocycles. The summed E-state index contributed by atoms with van der Waals surface area (Å²) in [5, 5.41) is 25.2. The molecule has 1 aromatic carbocycles. The van der Waals surface area contributed by atoms with Crippen LogP contribution in [0.4, 0.5) is 24.5 Å². The standard InChI is InChI=1S/C16H18F3N3O5/c17-16(18,19)10-2-4-12(13(8-10)22(26)27)20-6-5-14(23)21-11-3-1-9(7-11)15(24)25/h2,4,8-9,11,20H,1,3,5-7H2,(H,21,23)(H,24,25)/t9-,11+/m0/s1. The van der Waals surface area contributed by atoms with Crippen molar-refractivity contribution in [3.8, 4) is 0 Å². The summed E-state index contributed by atoms with van der Waals surface area (Å²) < 4.78 is 38.0. The number of carbonyl (C=O) groups excluding carboxylic acids is 1. The van der Waals surface area contributed by atoms with E-state index >= 15 is 0 Å². The molecule has 1 aromatic rings. The summed E-state index contributed by atoms with van der Waals surface area (Å²) >= 11 is 0. The second-order valence-corrected chi connectivity index (χ2v) is 6.28. The number of nitro groups is 1. The molecule has 27 heavy (non-hydrogen) atoms. The van der Waals surface area contributed by atoms with Gasteiger partial charge >= 0.3 is 12.1 Å². The molecule has 2 atom stereocenters. The van der Waals surface area contributed by atoms with Gasteiger partial charge in [0.2, 0.25) is 5.91 Å². The van der Waals surface area contributed by atoms with Crippen molar-refractivity contribution in [1.82, 2.24) is 5.32 Å². The van der Waals surface area contributed by atoms with Gasteiger partial charge in [-0.2, -0.15) is 13.2 Å². The van der Waals surface area contributed by atoms with Crippen LogP contribution >= 0.6 is 0 Å². The Morgan fingerprint density at radius 3 is 2.56 bits per heavy atom. The number of rotatable bonds is 7. The summed E-state index contributed by atoms with van der Waals surface area (Å²) in [6.45, 7) is -0.0207. The van der Waals surface area contributed by atoms with E-state index in [0.29, 0.717) is 25.3 Å². The van der Waals surface area contributed by atoms with E-state index in [9.17, 15) is 32.9 Å². The minimum absolute atomic E-state index is 0.0207. The third-order valence-corrected chi connectivity index (χ3v) is 4.34. The second kappa shape index (κ2) is 8.23. The van der Waals surface area contributed by atoms with Gasteiger partial charge in [0.05, 0.1) is 16.4 Å². The zero-order chi connectivity index (χ0) is 20.2. The van der Waals surface area contributed by atoms with E-state index in [0.717, 1.165) is 12.1 Å². The number of alkyl halides is 3. The first-order valence-corrected chi connectivity index (χ1v) is 8.19. The third-order valence-electron chi connectivity index (χ3n) is 4.34. The van der Waals surface area contributed by atoms with E-state index in [-0.39, 0.29) is 30.6 Å². The number of carbonyl (C=O) groups is 2. The van der Waals surface area contributed by atoms with Crippen molar-refractivity contribution in [1.29, 1.82) is 0 Å². The topological polar surface area (TPSA) is 122 Å². The number of hydrogen-bond donors (Lipinski definition) is 3. The van der Waals surface area contributed by atoms with E-state index < -0.39 is 34.2 Å². The van der Waals surface area contributed by atoms with E-state index in [1.54, 1.807) is 0 Å². The molecule has 0 bridgehead atoms. The third kappa shape index (κ3) is 5.56. The van der Waals surface area contributed by atoms with E-state index in [1.165, 1.54) is 0 Å². The van der Waals surface area contributed by atoms with Crippen LogP contribution in [0.25, 0.3) is 0 Å². The maximum absolute atomic E-state index is 12.7. The Morgan fingerprint density at radius 1 is 1.30 bits per heavy atom. The lowest BCUT2D eigenvalue weighted by Gasteiger charge is -2.13. The minimum Gasteiger partial charge on any atom is -0.481 e. The summed E-state index contributed by atoms with van der Waals surface area (Å²) in [5.74, 6) is -1.75. The number of halogens is 3. The molecular formula is C16H18F3N3O5. The highest BCUT2D eigenvalue weighted by Gasteiger charge is 2.33. The number of carboxylic acid groups (broad SMARTS) is 1. The molecule has 3 N–H and O–H groups in total. The first kappa shape index (κ1) is 20.5. The van der Waals surface area contributed by atoms with Gasteiger partial charge in [0, 0.05) is 25.1 Å². The van der Waals surface area contributed by atoms with Gasteiger partial charge in [-0.05, 0) is 31.4 Å². The highest BCUT2D eigenvalue weighted by Crippen LogP contribution is 2.35. The van der Waals surface area contributed by atoms with Gasteiger partial charge < -0.3 is 15.7 Å². The molecule has 1 aliphatic rings. The molecule has 148 valence electrons. The molecule has 2 rings (SSSR count). The lowest BCUT2D eigenvalue weighted by molar-refractivity contribution is -0.384. The fourth-order valence-corrected chi connectivity index (χ4v) is 2.96. The lowest BCUT2D eigenvalue weighted by atomic mass is 10.1. The van der Waals surface area contributed by atoms with Crippen molar-refractivity contribution in [3.05, 3.63) is 33.9 Å². The molecule has 0 aliphatic heterocycles. The summed E-state index contributed by atoms with van der Waals surface area (Å²) in [4.78, 5) is 32.8. The number of nitro benzene ring substituents is 1. The number of hydrogen-bond acceptors (Lipinski definition) is 5. The molecule has 1 amide bonds. The largest absolute Gasteiger partial charge is 0.481 e. The van der Waals surface area contributed by atoms with E-state index in [2.05, 4.69) is 10.6 Å². The summed E-state index contributed by atoms with van der Waals surface area (Å²) in [5.41, 5.74) is -1.98. The number of carboxylic acids is 1. The summed E-state index contributed by atoms with van der Waals surface area (Å²) in [6, 6.07) is 1.87. The van der Waals surface area contributed by atoms with Gasteiger partial charge in [-0.15, -0.1) is 0 Å². The van der Waals surface area contributed by atoms with Crippen LogP contribution in [0.1, 0.15) is 31.2 Å². The Bertz CT molecular complexity index is 739. The number of nitrogens with one attached hydrogen (secondary N) is 2. The van der Waals surface area contributed by atoms with Gasteiger partial charge in [-0.3, -0.25) is 19.7 Å². The maximum atomic E-state index is 12.7. The smallest absolute Gasteiger partial charge is 0.416 e. The molecule has 0 spiro atoms. The quantitative estimate of drug-likeness (QED) is 0.487. The van der Waals surface area contributed by atoms with Crippen molar-refractivity contribution in [2.45, 2.75) is 37.9 Å². The van der Waals surface area contributed by atoms with Crippen LogP contribution in [0.3, 0.4) is 0 Å². The molecule has 1 aliphatic carbocycles. The van der Waals surface area contributed by atoms with E-state index in [1.807, 2.05) is 0 Å². The van der Waals surface area contributed by atoms with Crippen LogP contribution in [0.2, 0.25) is 0 Å². The van der Waals surface area contributed by atoms with Crippen LogP contribution < -0.4 is 10.6 Å². The second-order valence-electron chi connectivity index (χ2n) is 6.28. The van der Waals surface area contributed by atoms with Crippen LogP contribution in [0.15, 0.2) is 18.2 Å². The van der Waals surface area contributed by atoms with Gasteiger partial charge in [-0.1, -0.05) is 0 Å². The SMILES string of the molecule is O=C(CCNc1ccc(C(F)(F)F)cc1[N+](=O)[O-])N[C@@H]1CC[C@H](C(=O)O)C1. The molecular weight excluding hydrogens is 371 g/mol. The van der Waals surface area contributed by atoms with Crippen molar-refractivity contribution in [3.63, 3.8) is 0 Å². The zero-order valence-corrected chi connectivity index (χ0v) is 14.1. The summed E-state index contributed by atoms with van der Waals surface area (Å²) in [6.07, 6.45) is -3.37. The van der Waals surface area contributed by atoms with Crippen molar-refractivity contribution >= 4 is 23.3 Å². The Labute approximate surface area is 151 Å². The Morgan fingerprint density at radius 2 is 2.00 bits per heavy atom. The average molecular weight is 389 g/mol. The van der Waals surface area contributed by atoms with Gasteiger partial charge in [0.15, 0.2) is 0 Å². The van der Waals surface area contributed by atoms with Gasteiger partial charge in [0.25, 0.3) is 5.69 Å². The van der Waals surface area contributed by atoms with Gasteiger partial charge in [-0.25, -0.2) is 0 Å². The summed E-state index contributed by atoms with van der Waals surface area (Å²) in [7, 11) is 0. The highest BCUT2D eigenvalue weighted by atomic mass is 19.4. The van der Waals surface area contributed by atoms with Crippen LogP contribution in [-0.2, 0) is 15.8 Å². The number of benzene rings is 1. The van der Waals surface area contributed by atoms with Crippen molar-refractivity contribution in [2.75, 3.05) is 11.9 Å². The minimum atomic E-state index is -4.70. The first-order chi connectivity index (χ1) is 12.6. The number of amides is 1. The molecule has 1 saturated carbocycles.